The van der Waals surface area contributed by atoms with Crippen molar-refractivity contribution in [3.8, 4) is 0 Å². The molecule has 0 bridgehead atoms. The molecule has 0 fully saturated rings. The van der Waals surface area contributed by atoms with Crippen LogP contribution in [-0.2, 0) is 11.3 Å². The summed E-state index contributed by atoms with van der Waals surface area (Å²) < 4.78 is 0. The second-order valence-corrected chi connectivity index (χ2v) is 3.13. The van der Waals surface area contributed by atoms with Crippen LogP contribution in [0.25, 0.3) is 0 Å². The molecular formula is C10H14N2O. The first kappa shape index (κ1) is 9.86. The lowest BCUT2D eigenvalue weighted by atomic mass is 10.3. The summed E-state index contributed by atoms with van der Waals surface area (Å²) >= 11 is 0. The molecule has 3 nitrogen and oxygen atoms in total. The number of nitrogens with zero attached hydrogens (tertiary/aromatic N) is 2. The van der Waals surface area contributed by atoms with Crippen molar-refractivity contribution in [1.82, 2.24) is 9.88 Å². The van der Waals surface area contributed by atoms with Gasteiger partial charge in [0.25, 0.3) is 0 Å². The van der Waals surface area contributed by atoms with Gasteiger partial charge in [-0.05, 0) is 26.1 Å². The molecule has 1 aromatic heterocycles. The van der Waals surface area contributed by atoms with Crippen LogP contribution in [0.2, 0.25) is 0 Å². The van der Waals surface area contributed by atoms with E-state index < -0.39 is 0 Å². The lowest BCUT2D eigenvalue weighted by Gasteiger charge is -2.12. The highest BCUT2D eigenvalue weighted by molar-refractivity contribution is 5.51. The summed E-state index contributed by atoms with van der Waals surface area (Å²) in [5, 5.41) is 0. The first-order valence-electron chi connectivity index (χ1n) is 4.27. The Kier molecular flexibility index (Phi) is 3.58. The normalized spacial score (nSPS) is 10.4. The van der Waals surface area contributed by atoms with E-state index in [0.717, 1.165) is 24.2 Å². The molecule has 0 spiro atoms. The number of pyridine rings is 1. The molecule has 0 atom stereocenters. The Balaban J connectivity index is 2.58. The molecule has 1 aromatic rings. The Hall–Kier alpha value is -1.22. The summed E-state index contributed by atoms with van der Waals surface area (Å²) in [7, 11) is 1.90. The quantitative estimate of drug-likeness (QED) is 0.645. The van der Waals surface area contributed by atoms with E-state index in [4.69, 9.17) is 0 Å². The van der Waals surface area contributed by atoms with Crippen molar-refractivity contribution < 1.29 is 4.79 Å². The minimum absolute atomic E-state index is 0.454. The Morgan fingerprint density at radius 1 is 1.54 bits per heavy atom. The Morgan fingerprint density at radius 3 is 2.92 bits per heavy atom. The summed E-state index contributed by atoms with van der Waals surface area (Å²) in [5.74, 6) is 0. The van der Waals surface area contributed by atoms with Gasteiger partial charge in [0, 0.05) is 12.2 Å². The van der Waals surface area contributed by atoms with Crippen LogP contribution in [0, 0.1) is 6.92 Å². The number of rotatable bonds is 4. The topological polar surface area (TPSA) is 33.2 Å². The molecule has 0 aliphatic carbocycles. The fourth-order valence-electron chi connectivity index (χ4n) is 1.16. The molecule has 1 heterocycles. The third kappa shape index (κ3) is 3.34. The third-order valence-corrected chi connectivity index (χ3v) is 1.76. The SMILES string of the molecule is Cc1cccc(CN(C)CC=O)n1. The van der Waals surface area contributed by atoms with Crippen molar-refractivity contribution in [2.24, 2.45) is 0 Å². The van der Waals surface area contributed by atoms with Crippen molar-refractivity contribution in [3.05, 3.63) is 29.6 Å². The highest BCUT2D eigenvalue weighted by atomic mass is 16.1. The minimum atomic E-state index is 0.454. The second kappa shape index (κ2) is 4.72. The monoisotopic (exact) mass is 178 g/mol. The van der Waals surface area contributed by atoms with Gasteiger partial charge in [0.1, 0.15) is 6.29 Å². The van der Waals surface area contributed by atoms with Crippen molar-refractivity contribution >= 4 is 6.29 Å². The van der Waals surface area contributed by atoms with E-state index in [0.29, 0.717) is 6.54 Å². The van der Waals surface area contributed by atoms with Gasteiger partial charge in [-0.2, -0.15) is 0 Å². The van der Waals surface area contributed by atoms with E-state index in [2.05, 4.69) is 4.98 Å². The summed E-state index contributed by atoms with van der Waals surface area (Å²) in [6.45, 7) is 3.14. The number of aryl methyl sites for hydroxylation is 1. The highest BCUT2D eigenvalue weighted by Crippen LogP contribution is 2.00. The molecule has 0 aliphatic rings. The van der Waals surface area contributed by atoms with Crippen LogP contribution in [-0.4, -0.2) is 29.8 Å². The minimum Gasteiger partial charge on any atom is -0.302 e. The third-order valence-electron chi connectivity index (χ3n) is 1.76. The first-order valence-corrected chi connectivity index (χ1v) is 4.27. The predicted molar refractivity (Wildman–Crippen MR) is 51.4 cm³/mol. The van der Waals surface area contributed by atoms with E-state index in [1.54, 1.807) is 0 Å². The van der Waals surface area contributed by atoms with Crippen LogP contribution in [0.1, 0.15) is 11.4 Å². The zero-order valence-electron chi connectivity index (χ0n) is 8.03. The van der Waals surface area contributed by atoms with Crippen LogP contribution < -0.4 is 0 Å². The lowest BCUT2D eigenvalue weighted by molar-refractivity contribution is -0.108. The summed E-state index contributed by atoms with van der Waals surface area (Å²) in [6.07, 6.45) is 0.899. The van der Waals surface area contributed by atoms with Gasteiger partial charge in [-0.3, -0.25) is 9.88 Å². The first-order chi connectivity index (χ1) is 6.22. The largest absolute Gasteiger partial charge is 0.302 e. The average Bonchev–Trinajstić information content (AvgIpc) is 2.04. The number of carbonyl (C=O) groups excluding carboxylic acids is 1. The van der Waals surface area contributed by atoms with Gasteiger partial charge in [0.2, 0.25) is 0 Å². The maximum absolute atomic E-state index is 10.2. The fourth-order valence-corrected chi connectivity index (χ4v) is 1.16. The summed E-state index contributed by atoms with van der Waals surface area (Å²) in [6, 6.07) is 5.91. The second-order valence-electron chi connectivity index (χ2n) is 3.13. The molecule has 0 unspecified atom stereocenters. The number of aromatic nitrogens is 1. The molecule has 0 radical (unpaired) electrons. The molecular weight excluding hydrogens is 164 g/mol. The highest BCUT2D eigenvalue weighted by Gasteiger charge is 1.99. The van der Waals surface area contributed by atoms with Crippen molar-refractivity contribution in [3.63, 3.8) is 0 Å². The van der Waals surface area contributed by atoms with Gasteiger partial charge >= 0.3 is 0 Å². The van der Waals surface area contributed by atoms with E-state index in [9.17, 15) is 4.79 Å². The Morgan fingerprint density at radius 2 is 2.31 bits per heavy atom. The van der Waals surface area contributed by atoms with Crippen molar-refractivity contribution in [1.29, 1.82) is 0 Å². The predicted octanol–water partition coefficient (Wildman–Crippen LogP) is 1.02. The van der Waals surface area contributed by atoms with Gasteiger partial charge in [-0.1, -0.05) is 6.07 Å². The number of aldehydes is 1. The van der Waals surface area contributed by atoms with Crippen LogP contribution >= 0.6 is 0 Å². The molecule has 0 aliphatic heterocycles. The number of hydrogen-bond acceptors (Lipinski definition) is 3. The molecule has 0 aromatic carbocycles. The Bertz CT molecular complexity index is 286. The van der Waals surface area contributed by atoms with Gasteiger partial charge in [-0.15, -0.1) is 0 Å². The van der Waals surface area contributed by atoms with E-state index in [-0.39, 0.29) is 0 Å². The zero-order valence-corrected chi connectivity index (χ0v) is 8.03. The standard InChI is InChI=1S/C10H14N2O/c1-9-4-3-5-10(11-9)8-12(2)6-7-13/h3-5,7H,6,8H2,1-2H3. The van der Waals surface area contributed by atoms with Gasteiger partial charge in [-0.25, -0.2) is 0 Å². The zero-order chi connectivity index (χ0) is 9.68. The summed E-state index contributed by atoms with van der Waals surface area (Å²) in [4.78, 5) is 16.5. The van der Waals surface area contributed by atoms with Crippen LogP contribution in [0.3, 0.4) is 0 Å². The van der Waals surface area contributed by atoms with Crippen LogP contribution in [0.4, 0.5) is 0 Å². The number of likely N-dealkylation sites (N-methyl/N-ethyl adjacent to an activating group) is 1. The van der Waals surface area contributed by atoms with E-state index in [1.807, 2.05) is 37.1 Å². The van der Waals surface area contributed by atoms with E-state index in [1.165, 1.54) is 0 Å². The molecule has 1 rings (SSSR count). The maximum Gasteiger partial charge on any atom is 0.133 e. The molecule has 3 heteroatoms. The maximum atomic E-state index is 10.2. The average molecular weight is 178 g/mol. The fraction of sp³-hybridized carbons (Fsp3) is 0.400. The molecule has 0 amide bonds. The van der Waals surface area contributed by atoms with Crippen molar-refractivity contribution in [2.75, 3.05) is 13.6 Å². The number of hydrogen-bond donors (Lipinski definition) is 0. The van der Waals surface area contributed by atoms with Crippen LogP contribution in [0.15, 0.2) is 18.2 Å². The van der Waals surface area contributed by atoms with E-state index >= 15 is 0 Å². The Labute approximate surface area is 78.4 Å². The smallest absolute Gasteiger partial charge is 0.133 e. The molecule has 0 saturated heterocycles. The van der Waals surface area contributed by atoms with Crippen molar-refractivity contribution in [2.45, 2.75) is 13.5 Å². The molecule has 0 N–H and O–H groups in total. The van der Waals surface area contributed by atoms with Gasteiger partial charge in [0.15, 0.2) is 0 Å². The number of carbonyl (C=O) groups is 1. The summed E-state index contributed by atoms with van der Waals surface area (Å²) in [5.41, 5.74) is 2.02. The van der Waals surface area contributed by atoms with Crippen LogP contribution in [0.5, 0.6) is 0 Å². The lowest BCUT2D eigenvalue weighted by Crippen LogP contribution is -2.20. The van der Waals surface area contributed by atoms with Gasteiger partial charge < -0.3 is 4.79 Å². The molecule has 0 saturated carbocycles. The van der Waals surface area contributed by atoms with Gasteiger partial charge in [0.05, 0.1) is 12.2 Å². The molecule has 13 heavy (non-hydrogen) atoms. The molecule has 70 valence electrons.